The molecule has 0 aliphatic carbocycles. The summed E-state index contributed by atoms with van der Waals surface area (Å²) in [5, 5.41) is 2.87. The van der Waals surface area contributed by atoms with Gasteiger partial charge in [0.15, 0.2) is 0 Å². The number of carbonyl (C=O) groups is 1. The Morgan fingerprint density at radius 1 is 1.18 bits per heavy atom. The number of piperazine rings is 1. The van der Waals surface area contributed by atoms with Gasteiger partial charge < -0.3 is 19.9 Å². The van der Waals surface area contributed by atoms with Crippen LogP contribution in [0.3, 0.4) is 0 Å². The van der Waals surface area contributed by atoms with Crippen LogP contribution in [0.1, 0.15) is 23.2 Å². The van der Waals surface area contributed by atoms with E-state index in [1.165, 1.54) is 33.3 Å². The third kappa shape index (κ3) is 5.91. The van der Waals surface area contributed by atoms with Crippen LogP contribution in [0.15, 0.2) is 23.1 Å². The fraction of sp³-hybridized carbons (Fsp3) is 0.632. The number of benzene rings is 1. The Morgan fingerprint density at radius 2 is 1.86 bits per heavy atom. The normalized spacial score (nSPS) is 16.3. The Hall–Kier alpha value is -1.68. The predicted molar refractivity (Wildman–Crippen MR) is 109 cm³/mol. The van der Waals surface area contributed by atoms with E-state index in [-0.39, 0.29) is 16.6 Å². The molecule has 0 bridgehead atoms. The van der Waals surface area contributed by atoms with Crippen molar-refractivity contribution in [1.82, 2.24) is 19.4 Å². The van der Waals surface area contributed by atoms with Crippen molar-refractivity contribution in [2.45, 2.75) is 17.7 Å². The minimum atomic E-state index is -3.70. The van der Waals surface area contributed by atoms with Gasteiger partial charge in [-0.15, -0.1) is 0 Å². The van der Waals surface area contributed by atoms with Crippen molar-refractivity contribution in [2.24, 2.45) is 0 Å². The van der Waals surface area contributed by atoms with Gasteiger partial charge in [-0.05, 0) is 44.6 Å². The van der Waals surface area contributed by atoms with Crippen molar-refractivity contribution in [1.29, 1.82) is 0 Å². The number of nitrogens with one attached hydrogen (secondary N) is 1. The molecule has 0 unspecified atom stereocenters. The highest BCUT2D eigenvalue weighted by molar-refractivity contribution is 7.89. The highest BCUT2D eigenvalue weighted by Gasteiger charge is 2.23. The van der Waals surface area contributed by atoms with Crippen molar-refractivity contribution >= 4 is 15.9 Å². The Bertz CT molecular complexity index is 759. The maximum absolute atomic E-state index is 12.5. The molecule has 1 aliphatic rings. The van der Waals surface area contributed by atoms with Crippen LogP contribution in [0.5, 0.6) is 5.75 Å². The zero-order chi connectivity index (χ0) is 20.7. The van der Waals surface area contributed by atoms with Crippen molar-refractivity contribution < 1.29 is 17.9 Å². The number of carbonyl (C=O) groups excluding carboxylic acids is 1. The molecule has 1 N–H and O–H groups in total. The number of hydrogen-bond donors (Lipinski definition) is 1. The molecule has 1 heterocycles. The molecule has 0 atom stereocenters. The fourth-order valence-electron chi connectivity index (χ4n) is 3.05. The number of methoxy groups -OCH3 is 1. The number of nitrogens with zero attached hydrogens (tertiary/aromatic N) is 3. The van der Waals surface area contributed by atoms with Crippen molar-refractivity contribution in [3.8, 4) is 5.75 Å². The van der Waals surface area contributed by atoms with Crippen LogP contribution in [-0.2, 0) is 10.0 Å². The molecular formula is C19H32N4O4S. The smallest absolute Gasteiger partial charge is 0.251 e. The Labute approximate surface area is 168 Å². The molecule has 0 radical (unpaired) electrons. The molecule has 1 aromatic carbocycles. The van der Waals surface area contributed by atoms with E-state index in [1.54, 1.807) is 6.07 Å². The lowest BCUT2D eigenvalue weighted by atomic mass is 10.2. The summed E-state index contributed by atoms with van der Waals surface area (Å²) in [5.41, 5.74) is 0.306. The lowest BCUT2D eigenvalue weighted by Crippen LogP contribution is -2.44. The largest absolute Gasteiger partial charge is 0.495 e. The maximum atomic E-state index is 12.5. The second-order valence-corrected chi connectivity index (χ2v) is 9.38. The number of hydrogen-bond acceptors (Lipinski definition) is 6. The third-order valence-electron chi connectivity index (χ3n) is 4.97. The van der Waals surface area contributed by atoms with Gasteiger partial charge in [-0.25, -0.2) is 12.7 Å². The molecule has 9 heteroatoms. The number of rotatable bonds is 9. The van der Waals surface area contributed by atoms with Crippen LogP contribution < -0.4 is 10.1 Å². The molecule has 1 amide bonds. The molecule has 2 rings (SSSR count). The molecule has 1 fully saturated rings. The molecule has 0 saturated carbocycles. The van der Waals surface area contributed by atoms with Gasteiger partial charge in [0.25, 0.3) is 5.91 Å². The first kappa shape index (κ1) is 22.6. The standard InChI is InChI=1S/C19H32N4O4S/c1-21(2)28(25,26)18-15-16(7-8-17(18)27-4)19(24)20-9-5-6-10-23-13-11-22(3)12-14-23/h7-8,15H,5-6,9-14H2,1-4H3,(H,20,24). The summed E-state index contributed by atoms with van der Waals surface area (Å²) in [6, 6.07) is 4.46. The highest BCUT2D eigenvalue weighted by atomic mass is 32.2. The Kier molecular flexibility index (Phi) is 8.23. The molecule has 1 saturated heterocycles. The van der Waals surface area contributed by atoms with Gasteiger partial charge in [0.05, 0.1) is 7.11 Å². The molecule has 28 heavy (non-hydrogen) atoms. The number of unbranched alkanes of at least 4 members (excludes halogenated alkanes) is 1. The van der Waals surface area contributed by atoms with E-state index in [1.807, 2.05) is 0 Å². The topological polar surface area (TPSA) is 82.2 Å². The Morgan fingerprint density at radius 3 is 2.46 bits per heavy atom. The van der Waals surface area contributed by atoms with Gasteiger partial charge in [0, 0.05) is 52.4 Å². The molecule has 8 nitrogen and oxygen atoms in total. The van der Waals surface area contributed by atoms with Crippen LogP contribution in [0.2, 0.25) is 0 Å². The first-order chi connectivity index (χ1) is 13.3. The van der Waals surface area contributed by atoms with Crippen molar-refractivity contribution in [3.05, 3.63) is 23.8 Å². The van der Waals surface area contributed by atoms with Crippen molar-refractivity contribution in [3.63, 3.8) is 0 Å². The summed E-state index contributed by atoms with van der Waals surface area (Å²) in [5.74, 6) is -0.0603. The van der Waals surface area contributed by atoms with Gasteiger partial charge in [-0.3, -0.25) is 4.79 Å². The number of ether oxygens (including phenoxy) is 1. The quantitative estimate of drug-likeness (QED) is 0.602. The average Bonchev–Trinajstić information content (AvgIpc) is 2.68. The van der Waals surface area contributed by atoms with Crippen LogP contribution in [-0.4, -0.2) is 96.0 Å². The molecule has 158 valence electrons. The summed E-state index contributed by atoms with van der Waals surface area (Å²) in [4.78, 5) is 17.2. The predicted octanol–water partition coefficient (Wildman–Crippen LogP) is 0.703. The summed E-state index contributed by atoms with van der Waals surface area (Å²) in [7, 11) is 2.74. The van der Waals surface area contributed by atoms with Gasteiger partial charge in [-0.2, -0.15) is 0 Å². The summed E-state index contributed by atoms with van der Waals surface area (Å²) < 4.78 is 31.2. The van der Waals surface area contributed by atoms with Gasteiger partial charge in [0.2, 0.25) is 10.0 Å². The first-order valence-corrected chi connectivity index (χ1v) is 11.0. The van der Waals surface area contributed by atoms with E-state index in [2.05, 4.69) is 22.2 Å². The number of sulfonamides is 1. The zero-order valence-corrected chi connectivity index (χ0v) is 18.1. The number of amides is 1. The average molecular weight is 413 g/mol. The minimum Gasteiger partial charge on any atom is -0.495 e. The van der Waals surface area contributed by atoms with E-state index in [9.17, 15) is 13.2 Å². The maximum Gasteiger partial charge on any atom is 0.251 e. The first-order valence-electron chi connectivity index (χ1n) is 9.55. The van der Waals surface area contributed by atoms with E-state index in [0.29, 0.717) is 12.1 Å². The molecule has 1 aromatic rings. The second kappa shape index (κ2) is 10.2. The van der Waals surface area contributed by atoms with Crippen LogP contribution >= 0.6 is 0 Å². The molecule has 0 aromatic heterocycles. The SMILES string of the molecule is COc1ccc(C(=O)NCCCCN2CCN(C)CC2)cc1S(=O)(=O)N(C)C. The third-order valence-corrected chi connectivity index (χ3v) is 6.80. The van der Waals surface area contributed by atoms with E-state index >= 15 is 0 Å². The molecular weight excluding hydrogens is 380 g/mol. The fourth-order valence-corrected chi connectivity index (χ4v) is 4.13. The monoisotopic (exact) mass is 412 g/mol. The summed E-state index contributed by atoms with van der Waals surface area (Å²) >= 11 is 0. The second-order valence-electron chi connectivity index (χ2n) is 7.26. The highest BCUT2D eigenvalue weighted by Crippen LogP contribution is 2.26. The van der Waals surface area contributed by atoms with Crippen LogP contribution in [0, 0.1) is 0 Å². The van der Waals surface area contributed by atoms with E-state index in [4.69, 9.17) is 4.74 Å². The van der Waals surface area contributed by atoms with Crippen LogP contribution in [0.25, 0.3) is 0 Å². The lowest BCUT2D eigenvalue weighted by Gasteiger charge is -2.32. The molecule has 0 spiro atoms. The van der Waals surface area contributed by atoms with Gasteiger partial charge >= 0.3 is 0 Å². The molecule has 1 aliphatic heterocycles. The minimum absolute atomic E-state index is 0.0114. The lowest BCUT2D eigenvalue weighted by molar-refractivity contribution is 0.0951. The summed E-state index contributed by atoms with van der Waals surface area (Å²) in [6.45, 7) is 6.00. The Balaban J connectivity index is 1.87. The van der Waals surface area contributed by atoms with E-state index in [0.717, 1.165) is 49.9 Å². The van der Waals surface area contributed by atoms with Crippen molar-refractivity contribution in [2.75, 3.05) is 67.5 Å². The van der Waals surface area contributed by atoms with Crippen LogP contribution in [0.4, 0.5) is 0 Å². The van der Waals surface area contributed by atoms with Gasteiger partial charge in [-0.1, -0.05) is 0 Å². The van der Waals surface area contributed by atoms with E-state index < -0.39 is 10.0 Å². The summed E-state index contributed by atoms with van der Waals surface area (Å²) in [6.07, 6.45) is 1.91. The zero-order valence-electron chi connectivity index (χ0n) is 17.3. The number of likely N-dealkylation sites (N-methyl/N-ethyl adjacent to an activating group) is 1. The van der Waals surface area contributed by atoms with Gasteiger partial charge in [0.1, 0.15) is 10.6 Å².